The molecule has 38 heavy (non-hydrogen) atoms. The van der Waals surface area contributed by atoms with Gasteiger partial charge in [0.15, 0.2) is 0 Å². The highest BCUT2D eigenvalue weighted by Gasteiger charge is 2.22. The van der Waals surface area contributed by atoms with Crippen LogP contribution in [0.1, 0.15) is 27.0 Å². The Kier molecular flexibility index (Phi) is 9.05. The summed E-state index contributed by atoms with van der Waals surface area (Å²) in [6.45, 7) is 2.01. The average molecular weight is 586 g/mol. The van der Waals surface area contributed by atoms with Crippen molar-refractivity contribution in [1.29, 1.82) is 0 Å². The van der Waals surface area contributed by atoms with Gasteiger partial charge in [-0.05, 0) is 66.1 Å². The first-order valence-electron chi connectivity index (χ1n) is 11.7. The summed E-state index contributed by atoms with van der Waals surface area (Å²) in [4.78, 5) is 14.1. The Morgan fingerprint density at radius 1 is 0.895 bits per heavy atom. The number of rotatable bonds is 9. The van der Waals surface area contributed by atoms with Crippen molar-refractivity contribution >= 4 is 62.3 Å². The molecule has 4 rings (SSSR count). The van der Waals surface area contributed by atoms with Crippen LogP contribution in [0.15, 0.2) is 95.9 Å². The van der Waals surface area contributed by atoms with E-state index in [1.165, 1.54) is 14.8 Å². The van der Waals surface area contributed by atoms with Crippen LogP contribution in [0.4, 0.5) is 11.4 Å². The summed E-state index contributed by atoms with van der Waals surface area (Å²) >= 11 is 14.1. The Hall–Kier alpha value is -2.97. The Labute approximate surface area is 237 Å². The molecular weight excluding hydrogens is 559 g/mol. The summed E-state index contributed by atoms with van der Waals surface area (Å²) in [6.07, 6.45) is 1.11. The van der Waals surface area contributed by atoms with Gasteiger partial charge in [-0.2, -0.15) is 0 Å². The van der Waals surface area contributed by atoms with Gasteiger partial charge in [-0.25, -0.2) is 8.42 Å². The second-order valence-corrected chi connectivity index (χ2v) is 12.5. The predicted molar refractivity (Wildman–Crippen MR) is 159 cm³/mol. The maximum absolute atomic E-state index is 12.9. The number of carbonyl (C=O) groups excluding carboxylic acids is 1. The minimum atomic E-state index is -3.64. The molecule has 4 aromatic carbocycles. The number of benzene rings is 4. The average Bonchev–Trinajstić information content (AvgIpc) is 2.89. The lowest BCUT2D eigenvalue weighted by Crippen LogP contribution is -2.29. The van der Waals surface area contributed by atoms with E-state index in [0.29, 0.717) is 16.8 Å². The van der Waals surface area contributed by atoms with E-state index in [4.69, 9.17) is 23.2 Å². The number of aryl methyl sites for hydroxylation is 1. The normalized spacial score (nSPS) is 11.3. The van der Waals surface area contributed by atoms with E-state index in [1.54, 1.807) is 54.2 Å². The summed E-state index contributed by atoms with van der Waals surface area (Å²) < 4.78 is 26.2. The summed E-state index contributed by atoms with van der Waals surface area (Å²) in [6, 6.07) is 27.9. The number of carbonyl (C=O) groups is 1. The number of hydrogen-bond donors (Lipinski definition) is 1. The van der Waals surface area contributed by atoms with Crippen molar-refractivity contribution in [3.05, 3.63) is 123 Å². The van der Waals surface area contributed by atoms with E-state index in [1.807, 2.05) is 37.3 Å². The molecule has 0 aromatic heterocycles. The quantitative estimate of drug-likeness (QED) is 0.204. The molecule has 0 unspecified atom stereocenters. The fraction of sp³-hybridized carbons (Fsp3) is 0.138. The molecule has 0 aliphatic carbocycles. The minimum Gasteiger partial charge on any atom is -0.322 e. The third-order valence-corrected chi connectivity index (χ3v) is 8.85. The molecule has 0 bridgehead atoms. The number of amides is 1. The molecule has 0 spiro atoms. The van der Waals surface area contributed by atoms with E-state index < -0.39 is 10.0 Å². The fourth-order valence-corrected chi connectivity index (χ4v) is 6.03. The van der Waals surface area contributed by atoms with Crippen molar-refractivity contribution < 1.29 is 13.2 Å². The summed E-state index contributed by atoms with van der Waals surface area (Å²) in [5, 5.41) is 3.40. The van der Waals surface area contributed by atoms with Gasteiger partial charge in [0.05, 0.1) is 28.5 Å². The van der Waals surface area contributed by atoms with Crippen LogP contribution in [0.2, 0.25) is 10.0 Å². The largest absolute Gasteiger partial charge is 0.322 e. The Bertz CT molecular complexity index is 1540. The van der Waals surface area contributed by atoms with Gasteiger partial charge in [-0.1, -0.05) is 71.7 Å². The van der Waals surface area contributed by atoms with Crippen molar-refractivity contribution in [3.8, 4) is 0 Å². The number of thioether (sulfide) groups is 1. The van der Waals surface area contributed by atoms with Gasteiger partial charge < -0.3 is 5.32 Å². The van der Waals surface area contributed by atoms with Crippen LogP contribution in [-0.2, 0) is 22.3 Å². The second kappa shape index (κ2) is 12.3. The number of halogens is 2. The van der Waals surface area contributed by atoms with Crippen molar-refractivity contribution in [2.45, 2.75) is 24.1 Å². The topological polar surface area (TPSA) is 66.5 Å². The number of anilines is 2. The van der Waals surface area contributed by atoms with E-state index in [-0.39, 0.29) is 22.5 Å². The minimum absolute atomic E-state index is 0.0440. The smallest absolute Gasteiger partial charge is 0.255 e. The van der Waals surface area contributed by atoms with E-state index in [2.05, 4.69) is 23.5 Å². The molecule has 9 heteroatoms. The molecule has 0 aliphatic heterocycles. The highest BCUT2D eigenvalue weighted by molar-refractivity contribution is 7.98. The molecule has 0 heterocycles. The zero-order valence-electron chi connectivity index (χ0n) is 20.8. The third kappa shape index (κ3) is 7.11. The number of sulfonamides is 1. The van der Waals surface area contributed by atoms with E-state index in [9.17, 15) is 13.2 Å². The van der Waals surface area contributed by atoms with Crippen molar-refractivity contribution in [2.24, 2.45) is 0 Å². The standard InChI is InChI=1S/C29H26Cl2N2O3S2/c1-20-17-22(19-37-24-7-4-3-5-8-24)13-16-26(20)32-29(34)23-14-11-21(12-15-23)18-33(38(2,35)36)27-10-6-9-25(30)28(27)31/h3-17H,18-19H2,1-2H3,(H,32,34). The number of nitrogens with one attached hydrogen (secondary N) is 1. The lowest BCUT2D eigenvalue weighted by Gasteiger charge is -2.24. The molecular formula is C29H26Cl2N2O3S2. The SMILES string of the molecule is Cc1cc(CSc2ccccc2)ccc1NC(=O)c1ccc(CN(c2cccc(Cl)c2Cl)S(C)(=O)=O)cc1. The molecule has 0 radical (unpaired) electrons. The highest BCUT2D eigenvalue weighted by Crippen LogP contribution is 2.34. The van der Waals surface area contributed by atoms with Gasteiger partial charge >= 0.3 is 0 Å². The Morgan fingerprint density at radius 3 is 2.24 bits per heavy atom. The molecule has 0 atom stereocenters. The lowest BCUT2D eigenvalue weighted by atomic mass is 10.1. The summed E-state index contributed by atoms with van der Waals surface area (Å²) in [5.41, 5.74) is 4.34. The molecule has 0 aliphatic rings. The van der Waals surface area contributed by atoms with Crippen molar-refractivity contribution in [1.82, 2.24) is 0 Å². The van der Waals surface area contributed by atoms with Crippen LogP contribution >= 0.6 is 35.0 Å². The molecule has 0 saturated heterocycles. The predicted octanol–water partition coefficient (Wildman–Crippen LogP) is 7.81. The maximum Gasteiger partial charge on any atom is 0.255 e. The van der Waals surface area contributed by atoms with Gasteiger partial charge in [-0.3, -0.25) is 9.10 Å². The molecule has 1 N–H and O–H groups in total. The second-order valence-electron chi connectivity index (χ2n) is 8.74. The molecule has 1 amide bonds. The Morgan fingerprint density at radius 2 is 1.58 bits per heavy atom. The van der Waals surface area contributed by atoms with Crippen LogP contribution < -0.4 is 9.62 Å². The summed E-state index contributed by atoms with van der Waals surface area (Å²) in [7, 11) is -3.64. The van der Waals surface area contributed by atoms with Gasteiger partial charge in [0.2, 0.25) is 10.0 Å². The molecule has 0 fully saturated rings. The van der Waals surface area contributed by atoms with Crippen LogP contribution in [0, 0.1) is 6.92 Å². The number of nitrogens with zero attached hydrogens (tertiary/aromatic N) is 1. The fourth-order valence-electron chi connectivity index (χ4n) is 3.83. The molecule has 196 valence electrons. The maximum atomic E-state index is 12.9. The van der Waals surface area contributed by atoms with Crippen LogP contribution in [0.5, 0.6) is 0 Å². The van der Waals surface area contributed by atoms with Crippen LogP contribution in [0.25, 0.3) is 0 Å². The van der Waals surface area contributed by atoms with Gasteiger partial charge in [0.1, 0.15) is 0 Å². The van der Waals surface area contributed by atoms with Gasteiger partial charge in [-0.15, -0.1) is 11.8 Å². The highest BCUT2D eigenvalue weighted by atomic mass is 35.5. The zero-order chi connectivity index (χ0) is 27.3. The van der Waals surface area contributed by atoms with Gasteiger partial charge in [0.25, 0.3) is 5.91 Å². The monoisotopic (exact) mass is 584 g/mol. The lowest BCUT2D eigenvalue weighted by molar-refractivity contribution is 0.102. The van der Waals surface area contributed by atoms with Crippen LogP contribution in [0.3, 0.4) is 0 Å². The summed E-state index contributed by atoms with van der Waals surface area (Å²) in [5.74, 6) is 0.592. The first-order chi connectivity index (χ1) is 18.1. The van der Waals surface area contributed by atoms with Crippen molar-refractivity contribution in [2.75, 3.05) is 15.9 Å². The van der Waals surface area contributed by atoms with E-state index >= 15 is 0 Å². The first kappa shape index (κ1) is 28.0. The van der Waals surface area contributed by atoms with Crippen LogP contribution in [-0.4, -0.2) is 20.6 Å². The van der Waals surface area contributed by atoms with Crippen molar-refractivity contribution in [3.63, 3.8) is 0 Å². The Balaban J connectivity index is 1.43. The molecule has 4 aromatic rings. The number of hydrogen-bond acceptors (Lipinski definition) is 4. The van der Waals surface area contributed by atoms with E-state index in [0.717, 1.165) is 23.3 Å². The molecule has 0 saturated carbocycles. The first-order valence-corrected chi connectivity index (χ1v) is 15.3. The van der Waals surface area contributed by atoms with Gasteiger partial charge in [0, 0.05) is 21.9 Å². The third-order valence-electron chi connectivity index (χ3n) is 5.83. The zero-order valence-corrected chi connectivity index (χ0v) is 24.0. The molecule has 5 nitrogen and oxygen atoms in total.